The maximum atomic E-state index is 5.73. The molecule has 1 aliphatic heterocycles. The normalized spacial score (nSPS) is 21.0. The van der Waals surface area contributed by atoms with Crippen LogP contribution in [0.2, 0.25) is 0 Å². The van der Waals surface area contributed by atoms with Gasteiger partial charge in [-0.05, 0) is 29.0 Å². The largest absolute Gasteiger partial charge is 0.453 e. The van der Waals surface area contributed by atoms with Gasteiger partial charge in [-0.2, -0.15) is 0 Å². The molecule has 3 heterocycles. The smallest absolute Gasteiger partial charge is 0.169 e. The van der Waals surface area contributed by atoms with Crippen LogP contribution in [0.3, 0.4) is 0 Å². The molecule has 0 bridgehead atoms. The van der Waals surface area contributed by atoms with E-state index in [-0.39, 0.29) is 5.92 Å². The van der Waals surface area contributed by atoms with Crippen LogP contribution in [0, 0.1) is 0 Å². The topological polar surface area (TPSA) is 45.1 Å². The van der Waals surface area contributed by atoms with E-state index in [1.54, 1.807) is 6.33 Å². The van der Waals surface area contributed by atoms with Crippen molar-refractivity contribution in [3.05, 3.63) is 40.3 Å². The second-order valence-corrected chi connectivity index (χ2v) is 4.98. The Bertz CT molecular complexity index is 491. The Morgan fingerprint density at radius 2 is 2.50 bits per heavy atom. The highest BCUT2D eigenvalue weighted by Gasteiger charge is 2.29. The van der Waals surface area contributed by atoms with Gasteiger partial charge in [0, 0.05) is 30.5 Å². The zero-order valence-electron chi connectivity index (χ0n) is 8.90. The van der Waals surface area contributed by atoms with Crippen LogP contribution in [0.5, 0.6) is 0 Å². The number of halogens is 1. The summed E-state index contributed by atoms with van der Waals surface area (Å²) in [4.78, 5) is 9.53. The second-order valence-electron chi connectivity index (χ2n) is 4.20. The molecule has 1 N–H and O–H groups in total. The summed E-state index contributed by atoms with van der Waals surface area (Å²) in [6.45, 7) is 1.89. The van der Waals surface area contributed by atoms with Crippen molar-refractivity contribution in [3.8, 4) is 0 Å². The maximum Gasteiger partial charge on any atom is 0.169 e. The summed E-state index contributed by atoms with van der Waals surface area (Å²) in [5.41, 5.74) is 2.36. The van der Waals surface area contributed by atoms with Gasteiger partial charge in [-0.1, -0.05) is 0 Å². The van der Waals surface area contributed by atoms with Crippen LogP contribution in [0.4, 0.5) is 0 Å². The molecule has 0 saturated heterocycles. The first-order valence-corrected chi connectivity index (χ1v) is 5.98. The maximum absolute atomic E-state index is 5.73. The molecular formula is C11H12BrN3O. The third-order valence-electron chi connectivity index (χ3n) is 2.96. The van der Waals surface area contributed by atoms with E-state index in [9.17, 15) is 0 Å². The SMILES string of the molecule is CN1Cc2cc(Br)oc2C(c2cnc[nH]2)C1. The standard InChI is InChI=1S/C11H12BrN3O/c1-15-4-7-2-10(12)16-11(7)8(5-15)9-3-13-6-14-9/h2-3,6,8H,4-5H2,1H3,(H,13,14). The number of fused-ring (bicyclic) bond motifs is 1. The van der Waals surface area contributed by atoms with E-state index in [0.717, 1.165) is 29.2 Å². The van der Waals surface area contributed by atoms with Crippen LogP contribution in [-0.2, 0) is 6.54 Å². The van der Waals surface area contributed by atoms with E-state index in [2.05, 4.69) is 37.8 Å². The fourth-order valence-electron chi connectivity index (χ4n) is 2.27. The highest BCUT2D eigenvalue weighted by molar-refractivity contribution is 9.10. The summed E-state index contributed by atoms with van der Waals surface area (Å²) in [7, 11) is 2.12. The Balaban J connectivity index is 2.06. The average Bonchev–Trinajstić information content (AvgIpc) is 2.83. The monoisotopic (exact) mass is 281 g/mol. The number of imidazole rings is 1. The number of hydrogen-bond donors (Lipinski definition) is 1. The van der Waals surface area contributed by atoms with Crippen LogP contribution in [0.25, 0.3) is 0 Å². The van der Waals surface area contributed by atoms with Gasteiger partial charge in [0.25, 0.3) is 0 Å². The summed E-state index contributed by atoms with van der Waals surface area (Å²) in [6, 6.07) is 2.05. The van der Waals surface area contributed by atoms with Crippen molar-refractivity contribution in [2.24, 2.45) is 0 Å². The molecule has 0 radical (unpaired) electrons. The van der Waals surface area contributed by atoms with Gasteiger partial charge >= 0.3 is 0 Å². The lowest BCUT2D eigenvalue weighted by molar-refractivity contribution is 0.270. The lowest BCUT2D eigenvalue weighted by Crippen LogP contribution is -2.30. The van der Waals surface area contributed by atoms with E-state index in [4.69, 9.17) is 4.42 Å². The van der Waals surface area contributed by atoms with Crippen molar-refractivity contribution in [3.63, 3.8) is 0 Å². The molecule has 4 nitrogen and oxygen atoms in total. The number of aromatic amines is 1. The van der Waals surface area contributed by atoms with Crippen LogP contribution in [0.1, 0.15) is 22.9 Å². The Morgan fingerprint density at radius 1 is 1.62 bits per heavy atom. The first-order chi connectivity index (χ1) is 7.74. The Labute approximate surface area is 102 Å². The van der Waals surface area contributed by atoms with Gasteiger partial charge in [0.15, 0.2) is 4.67 Å². The van der Waals surface area contributed by atoms with Gasteiger partial charge in [0.05, 0.1) is 12.2 Å². The summed E-state index contributed by atoms with van der Waals surface area (Å²) in [5.74, 6) is 1.30. The summed E-state index contributed by atoms with van der Waals surface area (Å²) < 4.78 is 6.54. The van der Waals surface area contributed by atoms with Gasteiger partial charge in [0.1, 0.15) is 5.76 Å². The third kappa shape index (κ3) is 1.60. The van der Waals surface area contributed by atoms with Gasteiger partial charge in [-0.25, -0.2) is 4.98 Å². The molecule has 0 amide bonds. The highest BCUT2D eigenvalue weighted by atomic mass is 79.9. The van der Waals surface area contributed by atoms with E-state index < -0.39 is 0 Å². The zero-order valence-corrected chi connectivity index (χ0v) is 10.5. The first-order valence-electron chi connectivity index (χ1n) is 5.19. The molecule has 1 aliphatic rings. The number of rotatable bonds is 1. The molecule has 1 atom stereocenters. The molecule has 0 aromatic carbocycles. The van der Waals surface area contributed by atoms with Crippen molar-refractivity contribution in [1.29, 1.82) is 0 Å². The minimum absolute atomic E-state index is 0.252. The number of aromatic nitrogens is 2. The average molecular weight is 282 g/mol. The molecule has 5 heteroatoms. The number of hydrogen-bond acceptors (Lipinski definition) is 3. The quantitative estimate of drug-likeness (QED) is 0.873. The Kier molecular flexibility index (Phi) is 2.37. The fourth-order valence-corrected chi connectivity index (χ4v) is 2.72. The van der Waals surface area contributed by atoms with Gasteiger partial charge < -0.3 is 14.3 Å². The molecule has 0 aliphatic carbocycles. The fraction of sp³-hybridized carbons (Fsp3) is 0.364. The first kappa shape index (κ1) is 10.1. The minimum Gasteiger partial charge on any atom is -0.453 e. The Hall–Kier alpha value is -1.07. The zero-order chi connectivity index (χ0) is 11.1. The van der Waals surface area contributed by atoms with E-state index in [1.807, 2.05) is 12.3 Å². The van der Waals surface area contributed by atoms with E-state index in [0.29, 0.717) is 0 Å². The molecular weight excluding hydrogens is 270 g/mol. The number of furan rings is 1. The lowest BCUT2D eigenvalue weighted by atomic mass is 9.95. The number of nitrogens with one attached hydrogen (secondary N) is 1. The lowest BCUT2D eigenvalue weighted by Gasteiger charge is -2.27. The molecule has 16 heavy (non-hydrogen) atoms. The predicted molar refractivity (Wildman–Crippen MR) is 63.2 cm³/mol. The van der Waals surface area contributed by atoms with Crippen molar-refractivity contribution >= 4 is 15.9 Å². The van der Waals surface area contributed by atoms with Gasteiger partial charge in [0.2, 0.25) is 0 Å². The molecule has 3 rings (SSSR count). The third-order valence-corrected chi connectivity index (χ3v) is 3.35. The molecule has 0 spiro atoms. The predicted octanol–water partition coefficient (Wildman–Crippen LogP) is 2.34. The number of nitrogens with zero attached hydrogens (tertiary/aromatic N) is 2. The minimum atomic E-state index is 0.252. The van der Waals surface area contributed by atoms with Crippen molar-refractivity contribution < 1.29 is 4.42 Å². The van der Waals surface area contributed by atoms with E-state index in [1.165, 1.54) is 5.56 Å². The Morgan fingerprint density at radius 3 is 3.25 bits per heavy atom. The highest BCUT2D eigenvalue weighted by Crippen LogP contribution is 2.35. The van der Waals surface area contributed by atoms with Gasteiger partial charge in [-0.15, -0.1) is 0 Å². The van der Waals surface area contributed by atoms with Crippen LogP contribution >= 0.6 is 15.9 Å². The van der Waals surface area contributed by atoms with Crippen LogP contribution in [0.15, 0.2) is 27.7 Å². The molecule has 2 aromatic heterocycles. The molecule has 0 fully saturated rings. The van der Waals surface area contributed by atoms with Crippen molar-refractivity contribution in [2.45, 2.75) is 12.5 Å². The number of H-pyrrole nitrogens is 1. The van der Waals surface area contributed by atoms with E-state index >= 15 is 0 Å². The van der Waals surface area contributed by atoms with Crippen LogP contribution in [-0.4, -0.2) is 28.5 Å². The molecule has 84 valence electrons. The van der Waals surface area contributed by atoms with Crippen molar-refractivity contribution in [2.75, 3.05) is 13.6 Å². The molecule has 1 unspecified atom stereocenters. The van der Waals surface area contributed by atoms with Gasteiger partial charge in [-0.3, -0.25) is 0 Å². The summed E-state index contributed by atoms with van der Waals surface area (Å²) in [5, 5.41) is 0. The van der Waals surface area contributed by atoms with Crippen molar-refractivity contribution in [1.82, 2.24) is 14.9 Å². The molecule has 2 aromatic rings. The molecule has 0 saturated carbocycles. The summed E-state index contributed by atoms with van der Waals surface area (Å²) >= 11 is 3.39. The second kappa shape index (κ2) is 3.75. The van der Waals surface area contributed by atoms with Crippen LogP contribution < -0.4 is 0 Å². The number of likely N-dealkylation sites (N-methyl/N-ethyl adjacent to an activating group) is 1. The summed E-state index contributed by atoms with van der Waals surface area (Å²) in [6.07, 6.45) is 3.58.